The molecule has 0 aromatic heterocycles. The van der Waals surface area contributed by atoms with E-state index in [9.17, 15) is 4.79 Å². The predicted octanol–water partition coefficient (Wildman–Crippen LogP) is 6.21. The van der Waals surface area contributed by atoms with Gasteiger partial charge in [0.25, 0.3) is 5.91 Å². The third-order valence-electron chi connectivity index (χ3n) is 4.86. The number of hydrogen-bond donors (Lipinski definition) is 1. The molecule has 3 aromatic rings. The molecule has 168 valence electrons. The molecule has 1 amide bonds. The minimum Gasteiger partial charge on any atom is -0.490 e. The van der Waals surface area contributed by atoms with Gasteiger partial charge in [-0.2, -0.15) is 0 Å². The highest BCUT2D eigenvalue weighted by Crippen LogP contribution is 2.31. The van der Waals surface area contributed by atoms with Crippen molar-refractivity contribution in [3.05, 3.63) is 88.4 Å². The molecule has 0 radical (unpaired) electrons. The van der Waals surface area contributed by atoms with Crippen molar-refractivity contribution in [1.82, 2.24) is 5.32 Å². The van der Waals surface area contributed by atoms with E-state index in [4.69, 9.17) is 25.8 Å². The van der Waals surface area contributed by atoms with Crippen molar-refractivity contribution in [2.45, 2.75) is 33.4 Å². The summed E-state index contributed by atoms with van der Waals surface area (Å²) in [6, 6.07) is 20.1. The quantitative estimate of drug-likeness (QED) is 0.396. The Morgan fingerprint density at radius 2 is 1.66 bits per heavy atom. The number of rotatable bonds is 10. The van der Waals surface area contributed by atoms with E-state index in [0.717, 1.165) is 11.1 Å². The molecule has 1 N–H and O–H groups in total. The fourth-order valence-corrected chi connectivity index (χ4v) is 3.39. The number of hydrogen-bond acceptors (Lipinski definition) is 4. The molecule has 3 aromatic carbocycles. The molecule has 1 atom stereocenters. The lowest BCUT2D eigenvalue weighted by atomic mass is 10.1. The van der Waals surface area contributed by atoms with Gasteiger partial charge in [-0.1, -0.05) is 41.9 Å². The average molecular weight is 454 g/mol. The number of carbonyl (C=O) groups excluding carboxylic acids is 1. The van der Waals surface area contributed by atoms with Crippen molar-refractivity contribution in [1.29, 1.82) is 0 Å². The van der Waals surface area contributed by atoms with Gasteiger partial charge in [0.05, 0.1) is 19.3 Å². The molecule has 6 heteroatoms. The average Bonchev–Trinajstić information content (AvgIpc) is 2.80. The molecule has 3 rings (SSSR count). The number of carbonyl (C=O) groups is 1. The second-order valence-corrected chi connectivity index (χ2v) is 7.58. The third-order valence-corrected chi connectivity index (χ3v) is 5.23. The number of amides is 1. The molecule has 0 aliphatic carbocycles. The van der Waals surface area contributed by atoms with E-state index in [1.54, 1.807) is 18.2 Å². The van der Waals surface area contributed by atoms with E-state index < -0.39 is 0 Å². The highest BCUT2D eigenvalue weighted by atomic mass is 35.5. The van der Waals surface area contributed by atoms with Crippen molar-refractivity contribution >= 4 is 17.5 Å². The normalized spacial score (nSPS) is 11.5. The van der Waals surface area contributed by atoms with Crippen LogP contribution in [0.5, 0.6) is 17.2 Å². The van der Waals surface area contributed by atoms with E-state index in [-0.39, 0.29) is 11.9 Å². The van der Waals surface area contributed by atoms with Crippen LogP contribution in [-0.2, 0) is 6.61 Å². The van der Waals surface area contributed by atoms with Gasteiger partial charge in [0.15, 0.2) is 11.5 Å². The summed E-state index contributed by atoms with van der Waals surface area (Å²) in [6.45, 7) is 7.20. The zero-order valence-electron chi connectivity index (χ0n) is 18.6. The van der Waals surface area contributed by atoms with Crippen LogP contribution in [0.25, 0.3) is 0 Å². The number of nitrogens with one attached hydrogen (secondary N) is 1. The zero-order valence-corrected chi connectivity index (χ0v) is 19.3. The van der Waals surface area contributed by atoms with E-state index >= 15 is 0 Å². The first-order chi connectivity index (χ1) is 15.5. The molecule has 32 heavy (non-hydrogen) atoms. The summed E-state index contributed by atoms with van der Waals surface area (Å²) in [5, 5.41) is 3.68. The largest absolute Gasteiger partial charge is 0.490 e. The molecule has 0 saturated carbocycles. The monoisotopic (exact) mass is 453 g/mol. The van der Waals surface area contributed by atoms with Crippen molar-refractivity contribution in [2.24, 2.45) is 0 Å². The fourth-order valence-electron chi connectivity index (χ4n) is 3.20. The maximum Gasteiger partial charge on any atom is 0.251 e. The Kier molecular flexibility index (Phi) is 8.40. The van der Waals surface area contributed by atoms with E-state index in [1.807, 2.05) is 69.3 Å². The van der Waals surface area contributed by atoms with E-state index in [1.165, 1.54) is 0 Å². The molecule has 0 heterocycles. The van der Waals surface area contributed by atoms with Crippen LogP contribution in [0.15, 0.2) is 66.7 Å². The summed E-state index contributed by atoms with van der Waals surface area (Å²) in [6.07, 6.45) is 0. The standard InChI is InChI=1S/C26H28ClNO4/c1-4-30-24-14-13-19(16-25(24)31-5-2)18(3)28-26(29)20-10-8-11-22(15-20)32-17-21-9-6-7-12-23(21)27/h6-16,18H,4-5,17H2,1-3H3,(H,28,29)/t18-/m0/s1. The molecule has 0 saturated heterocycles. The van der Waals surface area contributed by atoms with Gasteiger partial charge in [0.2, 0.25) is 0 Å². The summed E-state index contributed by atoms with van der Waals surface area (Å²) in [5.41, 5.74) is 2.33. The number of halogens is 1. The molecule has 0 aliphatic heterocycles. The van der Waals surface area contributed by atoms with Crippen molar-refractivity contribution in [2.75, 3.05) is 13.2 Å². The van der Waals surface area contributed by atoms with Gasteiger partial charge in [-0.05, 0) is 62.7 Å². The van der Waals surface area contributed by atoms with Crippen LogP contribution < -0.4 is 19.5 Å². The van der Waals surface area contributed by atoms with Gasteiger partial charge in [0, 0.05) is 16.1 Å². The number of ether oxygens (including phenoxy) is 3. The molecule has 0 bridgehead atoms. The van der Waals surface area contributed by atoms with Gasteiger partial charge in [-0.25, -0.2) is 0 Å². The maximum absolute atomic E-state index is 12.8. The van der Waals surface area contributed by atoms with Crippen LogP contribution in [0.4, 0.5) is 0 Å². The lowest BCUT2D eigenvalue weighted by Gasteiger charge is -2.18. The topological polar surface area (TPSA) is 56.8 Å². The highest BCUT2D eigenvalue weighted by molar-refractivity contribution is 6.31. The Bertz CT molecular complexity index is 1050. The molecule has 0 unspecified atom stereocenters. The Morgan fingerprint density at radius 1 is 0.906 bits per heavy atom. The summed E-state index contributed by atoms with van der Waals surface area (Å²) >= 11 is 6.18. The summed E-state index contributed by atoms with van der Waals surface area (Å²) in [7, 11) is 0. The smallest absolute Gasteiger partial charge is 0.251 e. The first-order valence-corrected chi connectivity index (χ1v) is 11.1. The van der Waals surface area contributed by atoms with Crippen molar-refractivity contribution in [3.63, 3.8) is 0 Å². The second kappa shape index (κ2) is 11.4. The molecule has 0 fully saturated rings. The minimum atomic E-state index is -0.218. The number of benzene rings is 3. The van der Waals surface area contributed by atoms with Crippen molar-refractivity contribution < 1.29 is 19.0 Å². The Morgan fingerprint density at radius 3 is 2.41 bits per heavy atom. The summed E-state index contributed by atoms with van der Waals surface area (Å²) < 4.78 is 17.1. The lowest BCUT2D eigenvalue weighted by Crippen LogP contribution is -2.26. The zero-order chi connectivity index (χ0) is 22.9. The highest BCUT2D eigenvalue weighted by Gasteiger charge is 2.15. The Hall–Kier alpha value is -3.18. The summed E-state index contributed by atoms with van der Waals surface area (Å²) in [4.78, 5) is 12.8. The fraction of sp³-hybridized carbons (Fsp3) is 0.269. The molecule has 0 aliphatic rings. The van der Waals surface area contributed by atoms with Gasteiger partial charge < -0.3 is 19.5 Å². The predicted molar refractivity (Wildman–Crippen MR) is 127 cm³/mol. The van der Waals surface area contributed by atoms with Crippen LogP contribution in [0.3, 0.4) is 0 Å². The van der Waals surface area contributed by atoms with Crippen molar-refractivity contribution in [3.8, 4) is 17.2 Å². The molecular weight excluding hydrogens is 426 g/mol. The van der Waals surface area contributed by atoms with E-state index in [0.29, 0.717) is 47.7 Å². The van der Waals surface area contributed by atoms with Gasteiger partial charge >= 0.3 is 0 Å². The molecule has 0 spiro atoms. The van der Waals surface area contributed by atoms with Gasteiger partial charge in [-0.15, -0.1) is 0 Å². The SMILES string of the molecule is CCOc1ccc([C@H](C)NC(=O)c2cccc(OCc3ccccc3Cl)c2)cc1OCC. The lowest BCUT2D eigenvalue weighted by molar-refractivity contribution is 0.0939. The minimum absolute atomic E-state index is 0.187. The van der Waals surface area contributed by atoms with Crippen LogP contribution in [0, 0.1) is 0 Å². The third kappa shape index (κ3) is 6.17. The van der Waals surface area contributed by atoms with E-state index in [2.05, 4.69) is 5.32 Å². The van der Waals surface area contributed by atoms with Crippen LogP contribution in [-0.4, -0.2) is 19.1 Å². The van der Waals surface area contributed by atoms with Gasteiger partial charge in [0.1, 0.15) is 12.4 Å². The van der Waals surface area contributed by atoms with Crippen LogP contribution >= 0.6 is 11.6 Å². The van der Waals surface area contributed by atoms with Crippen LogP contribution in [0.1, 0.15) is 48.3 Å². The van der Waals surface area contributed by atoms with Crippen LogP contribution in [0.2, 0.25) is 5.02 Å². The maximum atomic E-state index is 12.8. The molecular formula is C26H28ClNO4. The molecule has 5 nitrogen and oxygen atoms in total. The Labute approximate surface area is 194 Å². The first kappa shape index (κ1) is 23.5. The summed E-state index contributed by atoms with van der Waals surface area (Å²) in [5.74, 6) is 1.78. The second-order valence-electron chi connectivity index (χ2n) is 7.18. The van der Waals surface area contributed by atoms with Gasteiger partial charge in [-0.3, -0.25) is 4.79 Å². The first-order valence-electron chi connectivity index (χ1n) is 10.7. The Balaban J connectivity index is 1.67.